The number of rotatable bonds is 6. The number of carbonyl (C=O) groups excluding carboxylic acids is 1. The van der Waals surface area contributed by atoms with E-state index in [0.717, 1.165) is 6.42 Å². The minimum atomic E-state index is -3.42. The van der Waals surface area contributed by atoms with E-state index in [2.05, 4.69) is 4.72 Å². The number of sulfonamides is 1. The topological polar surface area (TPSA) is 89.3 Å². The van der Waals surface area contributed by atoms with Crippen LogP contribution in [0.2, 0.25) is 0 Å². The van der Waals surface area contributed by atoms with E-state index in [9.17, 15) is 13.2 Å². The van der Waals surface area contributed by atoms with Gasteiger partial charge in [-0.3, -0.25) is 4.79 Å². The molecule has 6 heteroatoms. The first-order chi connectivity index (χ1) is 7.10. The summed E-state index contributed by atoms with van der Waals surface area (Å²) in [7, 11) is -3.42. The van der Waals surface area contributed by atoms with Crippen molar-refractivity contribution in [2.75, 3.05) is 5.75 Å². The summed E-state index contributed by atoms with van der Waals surface area (Å²) in [5.41, 5.74) is 4.67. The Morgan fingerprint density at radius 1 is 1.38 bits per heavy atom. The van der Waals surface area contributed by atoms with Crippen LogP contribution < -0.4 is 10.5 Å². The van der Waals surface area contributed by atoms with Crippen LogP contribution in [0.1, 0.15) is 40.5 Å². The van der Waals surface area contributed by atoms with Crippen LogP contribution in [0.25, 0.3) is 0 Å². The molecule has 0 saturated carbocycles. The maximum Gasteiger partial charge on any atom is 0.236 e. The predicted molar refractivity (Wildman–Crippen MR) is 64.3 cm³/mol. The van der Waals surface area contributed by atoms with E-state index in [0.29, 0.717) is 6.42 Å². The second-order valence-corrected chi connectivity index (χ2v) is 6.87. The van der Waals surface area contributed by atoms with Gasteiger partial charge in [-0.25, -0.2) is 13.1 Å². The van der Waals surface area contributed by atoms with Crippen LogP contribution >= 0.6 is 0 Å². The number of hydrogen-bond donors (Lipinski definition) is 2. The van der Waals surface area contributed by atoms with E-state index < -0.39 is 27.4 Å². The van der Waals surface area contributed by atoms with Crippen LogP contribution in [0.3, 0.4) is 0 Å². The molecule has 0 aromatic heterocycles. The normalized spacial score (nSPS) is 14.8. The molecule has 0 spiro atoms. The lowest BCUT2D eigenvalue weighted by molar-refractivity contribution is -0.121. The van der Waals surface area contributed by atoms with Gasteiger partial charge in [0.25, 0.3) is 0 Å². The van der Waals surface area contributed by atoms with Gasteiger partial charge in [-0.05, 0) is 11.8 Å². The van der Waals surface area contributed by atoms with Gasteiger partial charge in [0.15, 0.2) is 0 Å². The molecule has 1 atom stereocenters. The summed E-state index contributed by atoms with van der Waals surface area (Å²) in [6.07, 6.45) is 1.36. The molecule has 0 aliphatic heterocycles. The summed E-state index contributed by atoms with van der Waals surface area (Å²) >= 11 is 0. The smallest absolute Gasteiger partial charge is 0.236 e. The molecule has 0 radical (unpaired) electrons. The van der Waals surface area contributed by atoms with Crippen LogP contribution in [-0.2, 0) is 14.8 Å². The number of primary amides is 1. The van der Waals surface area contributed by atoms with E-state index in [1.54, 1.807) is 20.8 Å². The van der Waals surface area contributed by atoms with E-state index in [1.165, 1.54) is 0 Å². The SMILES string of the molecule is CCCCS(=O)(=O)N[C@H](C(N)=O)C(C)(C)C. The Labute approximate surface area is 97.8 Å². The lowest BCUT2D eigenvalue weighted by Crippen LogP contribution is -2.52. The maximum absolute atomic E-state index is 11.6. The summed E-state index contributed by atoms with van der Waals surface area (Å²) < 4.78 is 25.6. The van der Waals surface area contributed by atoms with Crippen LogP contribution in [0.5, 0.6) is 0 Å². The fraction of sp³-hybridized carbons (Fsp3) is 0.900. The summed E-state index contributed by atoms with van der Waals surface area (Å²) in [4.78, 5) is 11.2. The molecule has 0 aromatic carbocycles. The van der Waals surface area contributed by atoms with Crippen molar-refractivity contribution in [2.24, 2.45) is 11.1 Å². The van der Waals surface area contributed by atoms with Crippen molar-refractivity contribution in [3.05, 3.63) is 0 Å². The highest BCUT2D eigenvalue weighted by atomic mass is 32.2. The zero-order chi connectivity index (χ0) is 13.0. The molecule has 0 bridgehead atoms. The molecule has 1 amide bonds. The molecule has 0 rings (SSSR count). The lowest BCUT2D eigenvalue weighted by atomic mass is 9.87. The minimum Gasteiger partial charge on any atom is -0.368 e. The average molecular weight is 250 g/mol. The fourth-order valence-electron chi connectivity index (χ4n) is 1.23. The molecule has 96 valence electrons. The summed E-state index contributed by atoms with van der Waals surface area (Å²) in [6, 6.07) is -0.866. The monoisotopic (exact) mass is 250 g/mol. The van der Waals surface area contributed by atoms with Crippen molar-refractivity contribution in [1.29, 1.82) is 0 Å². The molecule has 16 heavy (non-hydrogen) atoms. The van der Waals surface area contributed by atoms with E-state index in [1.807, 2.05) is 6.92 Å². The van der Waals surface area contributed by atoms with Crippen molar-refractivity contribution in [3.63, 3.8) is 0 Å². The molecular formula is C10H22N2O3S. The third kappa shape index (κ3) is 5.46. The van der Waals surface area contributed by atoms with Gasteiger partial charge in [-0.1, -0.05) is 34.1 Å². The Balaban J connectivity index is 4.71. The van der Waals surface area contributed by atoms with Crippen LogP contribution in [0.4, 0.5) is 0 Å². The molecule has 0 fully saturated rings. The highest BCUT2D eigenvalue weighted by Crippen LogP contribution is 2.19. The third-order valence-corrected chi connectivity index (χ3v) is 3.64. The van der Waals surface area contributed by atoms with E-state index in [-0.39, 0.29) is 5.75 Å². The fourth-order valence-corrected chi connectivity index (χ4v) is 2.85. The molecule has 0 aliphatic rings. The second-order valence-electron chi connectivity index (χ2n) is 4.99. The first kappa shape index (κ1) is 15.4. The Morgan fingerprint density at radius 2 is 1.88 bits per heavy atom. The molecule has 0 unspecified atom stereocenters. The van der Waals surface area contributed by atoms with Gasteiger partial charge in [-0.15, -0.1) is 0 Å². The van der Waals surface area contributed by atoms with Gasteiger partial charge in [0.05, 0.1) is 5.75 Å². The number of unbranched alkanes of at least 4 members (excludes halogenated alkanes) is 1. The Morgan fingerprint density at radius 3 is 2.19 bits per heavy atom. The Kier molecular flexibility index (Phi) is 5.41. The largest absolute Gasteiger partial charge is 0.368 e. The highest BCUT2D eigenvalue weighted by molar-refractivity contribution is 7.89. The average Bonchev–Trinajstić information content (AvgIpc) is 2.09. The summed E-state index contributed by atoms with van der Waals surface area (Å²) in [6.45, 7) is 7.21. The first-order valence-corrected chi connectivity index (χ1v) is 7.04. The minimum absolute atomic E-state index is 0.0311. The van der Waals surface area contributed by atoms with Crippen molar-refractivity contribution >= 4 is 15.9 Å². The third-order valence-electron chi connectivity index (χ3n) is 2.21. The van der Waals surface area contributed by atoms with Gasteiger partial charge in [0.1, 0.15) is 6.04 Å². The van der Waals surface area contributed by atoms with E-state index >= 15 is 0 Å². The Hall–Kier alpha value is -0.620. The van der Waals surface area contributed by atoms with Gasteiger partial charge >= 0.3 is 0 Å². The van der Waals surface area contributed by atoms with Crippen molar-refractivity contribution in [2.45, 2.75) is 46.6 Å². The molecule has 0 aromatic rings. The molecule has 3 N–H and O–H groups in total. The number of hydrogen-bond acceptors (Lipinski definition) is 3. The van der Waals surface area contributed by atoms with Crippen molar-refractivity contribution in [3.8, 4) is 0 Å². The standard InChI is InChI=1S/C10H22N2O3S/c1-5-6-7-16(14,15)12-8(9(11)13)10(2,3)4/h8,12H,5-7H2,1-4H3,(H2,11,13)/t8-/m1/s1. The number of amides is 1. The quantitative estimate of drug-likeness (QED) is 0.723. The van der Waals surface area contributed by atoms with Gasteiger partial charge in [0, 0.05) is 0 Å². The van der Waals surface area contributed by atoms with Gasteiger partial charge in [-0.2, -0.15) is 0 Å². The zero-order valence-corrected chi connectivity index (χ0v) is 11.2. The molecule has 0 saturated heterocycles. The molecule has 5 nitrogen and oxygen atoms in total. The van der Waals surface area contributed by atoms with Gasteiger partial charge < -0.3 is 5.73 Å². The molecule has 0 heterocycles. The van der Waals surface area contributed by atoms with Crippen LogP contribution in [-0.4, -0.2) is 26.1 Å². The first-order valence-electron chi connectivity index (χ1n) is 5.39. The number of carbonyl (C=O) groups is 1. The summed E-state index contributed by atoms with van der Waals surface area (Å²) in [5, 5.41) is 0. The van der Waals surface area contributed by atoms with E-state index in [4.69, 9.17) is 5.73 Å². The van der Waals surface area contributed by atoms with Crippen LogP contribution in [0.15, 0.2) is 0 Å². The number of nitrogens with two attached hydrogens (primary N) is 1. The summed E-state index contributed by atoms with van der Waals surface area (Å²) in [5.74, 6) is -0.615. The highest BCUT2D eigenvalue weighted by Gasteiger charge is 2.32. The zero-order valence-electron chi connectivity index (χ0n) is 10.4. The lowest BCUT2D eigenvalue weighted by Gasteiger charge is -2.28. The predicted octanol–water partition coefficient (Wildman–Crippen LogP) is 0.606. The second kappa shape index (κ2) is 5.63. The Bertz CT molecular complexity index is 330. The maximum atomic E-state index is 11.6. The van der Waals surface area contributed by atoms with Crippen molar-refractivity contribution < 1.29 is 13.2 Å². The number of nitrogens with one attached hydrogen (secondary N) is 1. The molecular weight excluding hydrogens is 228 g/mol. The van der Waals surface area contributed by atoms with Crippen molar-refractivity contribution in [1.82, 2.24) is 4.72 Å². The van der Waals surface area contributed by atoms with Gasteiger partial charge in [0.2, 0.25) is 15.9 Å². The van der Waals surface area contributed by atoms with Crippen LogP contribution in [0, 0.1) is 5.41 Å². The molecule has 0 aliphatic carbocycles.